The Labute approximate surface area is 167 Å². The van der Waals surface area contributed by atoms with E-state index in [1.165, 1.54) is 18.2 Å². The molecule has 0 radical (unpaired) electrons. The van der Waals surface area contributed by atoms with Gasteiger partial charge in [0, 0.05) is 29.4 Å². The van der Waals surface area contributed by atoms with Gasteiger partial charge in [-0.25, -0.2) is 14.2 Å². The number of benzene rings is 2. The summed E-state index contributed by atoms with van der Waals surface area (Å²) in [6, 6.07) is 12.7. The van der Waals surface area contributed by atoms with E-state index in [1.807, 2.05) is 13.0 Å². The third-order valence-electron chi connectivity index (χ3n) is 4.60. The molecule has 3 rings (SSSR count). The number of anilines is 1. The standard InChI is InChI=1S/C22H19FN4O2/c1-12(25-2)16-10-14(6-9-19(16)26-3)17-11-18(22(28)29)21(24)27-20(17)13-4-7-15(23)8-5-13/h4-11H,3H2,1-2H3,(H2,24,27)(H,28,29). The lowest BCUT2D eigenvalue weighted by molar-refractivity contribution is 0.0698. The van der Waals surface area contributed by atoms with Crippen LogP contribution in [-0.4, -0.2) is 35.5 Å². The van der Waals surface area contributed by atoms with Gasteiger partial charge in [0.1, 0.15) is 17.2 Å². The van der Waals surface area contributed by atoms with Crippen molar-refractivity contribution in [1.29, 1.82) is 0 Å². The monoisotopic (exact) mass is 390 g/mol. The van der Waals surface area contributed by atoms with Crippen LogP contribution in [0.5, 0.6) is 0 Å². The second-order valence-corrected chi connectivity index (χ2v) is 6.33. The highest BCUT2D eigenvalue weighted by molar-refractivity contribution is 6.05. The van der Waals surface area contributed by atoms with Crippen LogP contribution in [-0.2, 0) is 0 Å². The number of halogens is 1. The van der Waals surface area contributed by atoms with Crippen LogP contribution in [0.15, 0.2) is 58.5 Å². The number of nitrogen functional groups attached to an aromatic ring is 1. The summed E-state index contributed by atoms with van der Waals surface area (Å²) in [6.45, 7) is 5.43. The van der Waals surface area contributed by atoms with E-state index in [-0.39, 0.29) is 17.2 Å². The van der Waals surface area contributed by atoms with Gasteiger partial charge in [-0.15, -0.1) is 0 Å². The number of pyridine rings is 1. The van der Waals surface area contributed by atoms with Gasteiger partial charge in [-0.1, -0.05) is 6.07 Å². The number of aromatic nitrogens is 1. The molecule has 146 valence electrons. The Bertz CT molecular complexity index is 1140. The van der Waals surface area contributed by atoms with Crippen molar-refractivity contribution in [2.75, 3.05) is 12.8 Å². The molecule has 6 nitrogen and oxygen atoms in total. The van der Waals surface area contributed by atoms with Crippen LogP contribution in [0.3, 0.4) is 0 Å². The van der Waals surface area contributed by atoms with Crippen molar-refractivity contribution in [3.05, 3.63) is 65.5 Å². The molecule has 2 aromatic carbocycles. The maximum Gasteiger partial charge on any atom is 0.339 e. The minimum Gasteiger partial charge on any atom is -0.478 e. The summed E-state index contributed by atoms with van der Waals surface area (Å²) in [7, 11) is 1.67. The van der Waals surface area contributed by atoms with Crippen molar-refractivity contribution in [1.82, 2.24) is 4.98 Å². The molecular weight excluding hydrogens is 371 g/mol. The summed E-state index contributed by atoms with van der Waals surface area (Å²) < 4.78 is 13.4. The molecule has 1 heterocycles. The average molecular weight is 390 g/mol. The van der Waals surface area contributed by atoms with Crippen LogP contribution in [0.4, 0.5) is 15.9 Å². The number of aliphatic imine (C=N–C) groups is 2. The highest BCUT2D eigenvalue weighted by atomic mass is 19.1. The van der Waals surface area contributed by atoms with E-state index in [4.69, 9.17) is 5.73 Å². The number of aromatic carboxylic acids is 1. The first kappa shape index (κ1) is 19.9. The summed E-state index contributed by atoms with van der Waals surface area (Å²) in [6.07, 6.45) is 0. The smallest absolute Gasteiger partial charge is 0.339 e. The van der Waals surface area contributed by atoms with Crippen molar-refractivity contribution in [3.8, 4) is 22.4 Å². The molecule has 0 aliphatic heterocycles. The quantitative estimate of drug-likeness (QED) is 0.621. The van der Waals surface area contributed by atoms with Crippen molar-refractivity contribution in [3.63, 3.8) is 0 Å². The van der Waals surface area contributed by atoms with Crippen molar-refractivity contribution in [2.24, 2.45) is 9.98 Å². The molecule has 0 saturated heterocycles. The van der Waals surface area contributed by atoms with Gasteiger partial charge in [0.05, 0.1) is 11.4 Å². The number of hydrogen-bond donors (Lipinski definition) is 2. The zero-order valence-electron chi connectivity index (χ0n) is 16.0. The lowest BCUT2D eigenvalue weighted by Gasteiger charge is -2.14. The van der Waals surface area contributed by atoms with Gasteiger partial charge in [0.25, 0.3) is 0 Å². The minimum absolute atomic E-state index is 0.112. The van der Waals surface area contributed by atoms with E-state index in [0.29, 0.717) is 28.1 Å². The van der Waals surface area contributed by atoms with E-state index in [2.05, 4.69) is 21.7 Å². The minimum atomic E-state index is -1.18. The van der Waals surface area contributed by atoms with Crippen molar-refractivity contribution < 1.29 is 14.3 Å². The van der Waals surface area contributed by atoms with E-state index < -0.39 is 5.97 Å². The summed E-state index contributed by atoms with van der Waals surface area (Å²) in [5.41, 5.74) is 10.2. The molecule has 3 aromatic rings. The molecular formula is C22H19FN4O2. The van der Waals surface area contributed by atoms with Gasteiger partial charge >= 0.3 is 5.97 Å². The predicted octanol–water partition coefficient (Wildman–Crippen LogP) is 4.61. The Balaban J connectivity index is 2.32. The number of nitrogens with two attached hydrogens (primary N) is 1. The zero-order valence-corrected chi connectivity index (χ0v) is 16.0. The van der Waals surface area contributed by atoms with Crippen LogP contribution in [0.25, 0.3) is 22.4 Å². The third kappa shape index (κ3) is 3.89. The van der Waals surface area contributed by atoms with E-state index in [9.17, 15) is 14.3 Å². The van der Waals surface area contributed by atoms with Crippen LogP contribution in [0, 0.1) is 5.82 Å². The number of carboxylic acids is 1. The first-order chi connectivity index (χ1) is 13.8. The van der Waals surface area contributed by atoms with Crippen molar-refractivity contribution >= 4 is 29.9 Å². The van der Waals surface area contributed by atoms with E-state index in [0.717, 1.165) is 11.3 Å². The van der Waals surface area contributed by atoms with Gasteiger partial charge in [0.2, 0.25) is 0 Å². The highest BCUT2D eigenvalue weighted by Crippen LogP contribution is 2.35. The SMILES string of the molecule is C=Nc1ccc(-c2cc(C(=O)O)c(N)nc2-c2ccc(F)cc2)cc1C(C)=NC. The largest absolute Gasteiger partial charge is 0.478 e. The Morgan fingerprint density at radius 3 is 2.34 bits per heavy atom. The molecule has 0 saturated carbocycles. The average Bonchev–Trinajstić information content (AvgIpc) is 2.72. The van der Waals surface area contributed by atoms with Crippen molar-refractivity contribution in [2.45, 2.75) is 6.92 Å². The Morgan fingerprint density at radius 2 is 1.76 bits per heavy atom. The fourth-order valence-corrected chi connectivity index (χ4v) is 3.00. The maximum absolute atomic E-state index is 13.4. The van der Waals surface area contributed by atoms with Crippen LogP contribution >= 0.6 is 0 Å². The topological polar surface area (TPSA) is 101 Å². The molecule has 29 heavy (non-hydrogen) atoms. The molecule has 1 aromatic heterocycles. The lowest BCUT2D eigenvalue weighted by Crippen LogP contribution is -2.07. The molecule has 0 unspecified atom stereocenters. The lowest BCUT2D eigenvalue weighted by atomic mass is 9.94. The van der Waals surface area contributed by atoms with Crippen LogP contribution < -0.4 is 5.73 Å². The molecule has 0 aliphatic rings. The zero-order chi connectivity index (χ0) is 21.1. The summed E-state index contributed by atoms with van der Waals surface area (Å²) >= 11 is 0. The first-order valence-electron chi connectivity index (χ1n) is 8.70. The van der Waals surface area contributed by atoms with E-state index in [1.54, 1.807) is 31.3 Å². The Hall–Kier alpha value is -3.87. The van der Waals surface area contributed by atoms with Crippen LogP contribution in [0.2, 0.25) is 0 Å². The number of nitrogens with zero attached hydrogens (tertiary/aromatic N) is 3. The second kappa shape index (κ2) is 8.02. The number of carboxylic acid groups (broad SMARTS) is 1. The van der Waals surface area contributed by atoms with Gasteiger partial charge < -0.3 is 10.8 Å². The van der Waals surface area contributed by atoms with Gasteiger partial charge in [-0.3, -0.25) is 9.98 Å². The fourth-order valence-electron chi connectivity index (χ4n) is 3.00. The summed E-state index contributed by atoms with van der Waals surface area (Å²) in [5.74, 6) is -1.68. The number of carbonyl (C=O) groups is 1. The molecule has 7 heteroatoms. The highest BCUT2D eigenvalue weighted by Gasteiger charge is 2.18. The van der Waals surface area contributed by atoms with Gasteiger partial charge in [-0.05, 0) is 61.7 Å². The predicted molar refractivity (Wildman–Crippen MR) is 114 cm³/mol. The fraction of sp³-hybridized carbons (Fsp3) is 0.0909. The normalized spacial score (nSPS) is 11.3. The molecule has 0 amide bonds. The molecule has 3 N–H and O–H groups in total. The Kier molecular flexibility index (Phi) is 5.50. The molecule has 0 bridgehead atoms. The first-order valence-corrected chi connectivity index (χ1v) is 8.70. The summed E-state index contributed by atoms with van der Waals surface area (Å²) in [4.78, 5) is 24.2. The number of rotatable bonds is 5. The molecule has 0 spiro atoms. The van der Waals surface area contributed by atoms with Crippen LogP contribution in [0.1, 0.15) is 22.8 Å². The van der Waals surface area contributed by atoms with Gasteiger partial charge in [-0.2, -0.15) is 0 Å². The maximum atomic E-state index is 13.4. The molecule has 0 atom stereocenters. The number of hydrogen-bond acceptors (Lipinski definition) is 5. The van der Waals surface area contributed by atoms with E-state index >= 15 is 0 Å². The summed E-state index contributed by atoms with van der Waals surface area (Å²) in [5, 5.41) is 9.49. The third-order valence-corrected chi connectivity index (χ3v) is 4.60. The van der Waals surface area contributed by atoms with Gasteiger partial charge in [0.15, 0.2) is 0 Å². The Morgan fingerprint density at radius 1 is 1.10 bits per heavy atom. The second-order valence-electron chi connectivity index (χ2n) is 6.33. The molecule has 0 aliphatic carbocycles. The molecule has 0 fully saturated rings.